The Bertz CT molecular complexity index is 1240. The highest BCUT2D eigenvalue weighted by atomic mass is 16.4. The second kappa shape index (κ2) is 15.2. The Morgan fingerprint density at radius 3 is 2.12 bits per heavy atom. The van der Waals surface area contributed by atoms with Gasteiger partial charge in [-0.3, -0.25) is 28.8 Å². The number of carboxylic acids is 1. The van der Waals surface area contributed by atoms with Gasteiger partial charge in [-0.05, 0) is 12.8 Å². The molecular formula is C24H34N10O8. The van der Waals surface area contributed by atoms with Gasteiger partial charge in [0.15, 0.2) is 0 Å². The summed E-state index contributed by atoms with van der Waals surface area (Å²) in [7, 11) is 0. The van der Waals surface area contributed by atoms with Crippen LogP contribution in [0.1, 0.15) is 24.2 Å². The maximum absolute atomic E-state index is 13.5. The number of nitrogens with two attached hydrogens (primary N) is 1. The average molecular weight is 591 g/mol. The number of amides is 5. The van der Waals surface area contributed by atoms with E-state index in [1.807, 2.05) is 0 Å². The molecular weight excluding hydrogens is 556 g/mol. The van der Waals surface area contributed by atoms with Gasteiger partial charge in [0.25, 0.3) is 0 Å². The highest BCUT2D eigenvalue weighted by molar-refractivity contribution is 5.96. The van der Waals surface area contributed by atoms with Gasteiger partial charge in [-0.2, -0.15) is 0 Å². The second-order valence-corrected chi connectivity index (χ2v) is 9.55. The lowest BCUT2D eigenvalue weighted by Gasteiger charge is -2.28. The molecule has 3 rings (SSSR count). The molecule has 1 saturated heterocycles. The third-order valence-corrected chi connectivity index (χ3v) is 6.44. The minimum Gasteiger partial charge on any atom is -0.480 e. The monoisotopic (exact) mass is 590 g/mol. The van der Waals surface area contributed by atoms with E-state index < -0.39 is 79.4 Å². The summed E-state index contributed by atoms with van der Waals surface area (Å²) in [6.45, 7) is -1.50. The van der Waals surface area contributed by atoms with Crippen LogP contribution in [0.25, 0.3) is 0 Å². The van der Waals surface area contributed by atoms with Crippen LogP contribution in [0.15, 0.2) is 25.0 Å². The van der Waals surface area contributed by atoms with Gasteiger partial charge in [-0.15, -0.1) is 0 Å². The van der Waals surface area contributed by atoms with Crippen LogP contribution in [0.5, 0.6) is 0 Å². The van der Waals surface area contributed by atoms with E-state index in [2.05, 4.69) is 41.2 Å². The molecule has 2 aromatic heterocycles. The third-order valence-electron chi connectivity index (χ3n) is 6.44. The van der Waals surface area contributed by atoms with Crippen LogP contribution in [0.4, 0.5) is 0 Å². The van der Waals surface area contributed by atoms with Crippen LogP contribution in [0.2, 0.25) is 0 Å². The number of aromatic amines is 2. The SMILES string of the molecule is N[C@@H](CO)C(=O)N1CCC[C@H]1C(=O)N[C@@H](Cc1cnc[nH]1)C(=O)N[C@@H](Cc1cnc[nH]1)C(=O)NCC(=O)NCC(=O)O. The maximum Gasteiger partial charge on any atom is 0.322 e. The third kappa shape index (κ3) is 9.10. The fraction of sp³-hybridized carbons (Fsp3) is 0.500. The van der Waals surface area contributed by atoms with Crippen LogP contribution < -0.4 is 27.0 Å². The molecule has 1 fully saturated rings. The topological polar surface area (TPSA) is 278 Å². The number of hydrogen-bond donors (Lipinski definition) is 9. The predicted octanol–water partition coefficient (Wildman–Crippen LogP) is -4.48. The first-order valence-corrected chi connectivity index (χ1v) is 13.1. The van der Waals surface area contributed by atoms with Crippen molar-refractivity contribution in [3.05, 3.63) is 36.4 Å². The minimum atomic E-state index is -1.26. The van der Waals surface area contributed by atoms with Crippen LogP contribution in [-0.4, -0.2) is 121 Å². The van der Waals surface area contributed by atoms with Gasteiger partial charge in [0.05, 0.1) is 25.8 Å². The standard InChI is InChI=1S/C24H34N10O8/c25-15(10-35)24(42)34-3-1-2-18(34)23(41)33-17(5-14-7-27-12-31-14)22(40)32-16(4-13-6-26-11-30-13)21(39)29-8-19(36)28-9-20(37)38/h6-7,11-12,15-18,35H,1-5,8-10,25H2,(H,26,30)(H,27,31)(H,28,36)(H,29,39)(H,32,40)(H,33,41)(H,37,38)/t15-,16-,17-,18-/m0/s1. The number of aliphatic carboxylic acids is 1. The van der Waals surface area contributed by atoms with E-state index in [0.717, 1.165) is 0 Å². The van der Waals surface area contributed by atoms with E-state index in [1.54, 1.807) is 0 Å². The highest BCUT2D eigenvalue weighted by Crippen LogP contribution is 2.19. The summed E-state index contributed by atoms with van der Waals surface area (Å²) in [5.41, 5.74) is 6.65. The largest absolute Gasteiger partial charge is 0.480 e. The quantitative estimate of drug-likeness (QED) is 0.0953. The molecule has 5 amide bonds. The molecule has 228 valence electrons. The molecule has 0 bridgehead atoms. The van der Waals surface area contributed by atoms with E-state index in [4.69, 9.17) is 10.8 Å². The molecule has 0 aromatic carbocycles. The number of aliphatic hydroxyl groups excluding tert-OH is 1. The number of aliphatic hydroxyl groups is 1. The Balaban J connectivity index is 1.74. The Labute approximate surface area is 239 Å². The average Bonchev–Trinajstić information content (AvgIpc) is 3.76. The van der Waals surface area contributed by atoms with Gasteiger partial charge in [0.1, 0.15) is 30.7 Å². The normalized spacial score (nSPS) is 16.6. The fourth-order valence-corrected chi connectivity index (χ4v) is 4.31. The maximum atomic E-state index is 13.5. The van der Waals surface area contributed by atoms with Gasteiger partial charge in [0.2, 0.25) is 29.5 Å². The van der Waals surface area contributed by atoms with Crippen molar-refractivity contribution in [3.8, 4) is 0 Å². The second-order valence-electron chi connectivity index (χ2n) is 9.55. The highest BCUT2D eigenvalue weighted by Gasteiger charge is 2.38. The number of carbonyl (C=O) groups is 6. The Morgan fingerprint density at radius 2 is 1.57 bits per heavy atom. The van der Waals surface area contributed by atoms with Gasteiger partial charge in [-0.25, -0.2) is 9.97 Å². The number of carbonyl (C=O) groups excluding carboxylic acids is 5. The Morgan fingerprint density at radius 1 is 0.952 bits per heavy atom. The van der Waals surface area contributed by atoms with Crippen LogP contribution in [0.3, 0.4) is 0 Å². The van der Waals surface area contributed by atoms with E-state index in [-0.39, 0.29) is 19.4 Å². The predicted molar refractivity (Wildman–Crippen MR) is 142 cm³/mol. The summed E-state index contributed by atoms with van der Waals surface area (Å²) < 4.78 is 0. The van der Waals surface area contributed by atoms with E-state index in [9.17, 15) is 33.9 Å². The summed E-state index contributed by atoms with van der Waals surface area (Å²) in [6, 6.07) is -4.53. The van der Waals surface area contributed by atoms with Crippen LogP contribution in [-0.2, 0) is 41.6 Å². The number of aromatic nitrogens is 4. The number of likely N-dealkylation sites (tertiary alicyclic amines) is 1. The van der Waals surface area contributed by atoms with Crippen molar-refractivity contribution >= 4 is 35.5 Å². The van der Waals surface area contributed by atoms with Gasteiger partial charge in [0, 0.05) is 43.2 Å². The molecule has 0 unspecified atom stereocenters. The molecule has 18 heteroatoms. The summed E-state index contributed by atoms with van der Waals surface area (Å²) >= 11 is 0. The number of carboxylic acid groups (broad SMARTS) is 1. The zero-order valence-corrected chi connectivity index (χ0v) is 22.5. The molecule has 4 atom stereocenters. The van der Waals surface area contributed by atoms with Gasteiger partial charge in [-0.1, -0.05) is 0 Å². The number of hydrogen-bond acceptors (Lipinski definition) is 10. The van der Waals surface area contributed by atoms with Crippen molar-refractivity contribution in [1.82, 2.24) is 46.1 Å². The number of imidazole rings is 2. The molecule has 1 aliphatic rings. The Kier molecular flexibility index (Phi) is 11.5. The molecule has 2 aromatic rings. The van der Waals surface area contributed by atoms with Crippen molar-refractivity contribution in [1.29, 1.82) is 0 Å². The first kappa shape index (κ1) is 31.7. The summed E-state index contributed by atoms with van der Waals surface area (Å²) in [6.07, 6.45) is 6.43. The lowest BCUT2D eigenvalue weighted by Crippen LogP contribution is -2.58. The molecule has 0 saturated carbocycles. The van der Waals surface area contributed by atoms with Crippen molar-refractivity contribution in [3.63, 3.8) is 0 Å². The molecule has 0 aliphatic carbocycles. The van der Waals surface area contributed by atoms with E-state index in [1.165, 1.54) is 29.9 Å². The van der Waals surface area contributed by atoms with Crippen LogP contribution >= 0.6 is 0 Å². The first-order valence-electron chi connectivity index (χ1n) is 13.1. The zero-order chi connectivity index (χ0) is 30.6. The first-order chi connectivity index (χ1) is 20.1. The van der Waals surface area contributed by atoms with Crippen molar-refractivity contribution < 1.29 is 39.0 Å². The molecule has 3 heterocycles. The molecule has 10 N–H and O–H groups in total. The molecule has 1 aliphatic heterocycles. The van der Waals surface area contributed by atoms with Crippen molar-refractivity contribution in [2.45, 2.75) is 49.9 Å². The number of nitrogens with zero attached hydrogens (tertiary/aromatic N) is 3. The number of nitrogens with one attached hydrogen (secondary N) is 6. The van der Waals surface area contributed by atoms with Crippen molar-refractivity contribution in [2.24, 2.45) is 5.73 Å². The van der Waals surface area contributed by atoms with Crippen molar-refractivity contribution in [2.75, 3.05) is 26.2 Å². The lowest BCUT2D eigenvalue weighted by molar-refractivity contribution is -0.141. The smallest absolute Gasteiger partial charge is 0.322 e. The zero-order valence-electron chi connectivity index (χ0n) is 22.5. The Hall–Kier alpha value is -4.84. The molecule has 42 heavy (non-hydrogen) atoms. The van der Waals surface area contributed by atoms with E-state index in [0.29, 0.717) is 24.2 Å². The summed E-state index contributed by atoms with van der Waals surface area (Å²) in [5, 5.41) is 27.7. The summed E-state index contributed by atoms with van der Waals surface area (Å²) in [5.74, 6) is -4.70. The van der Waals surface area contributed by atoms with E-state index >= 15 is 0 Å². The molecule has 0 radical (unpaired) electrons. The fourth-order valence-electron chi connectivity index (χ4n) is 4.31. The number of H-pyrrole nitrogens is 2. The van der Waals surface area contributed by atoms with Crippen LogP contribution in [0, 0.1) is 0 Å². The summed E-state index contributed by atoms with van der Waals surface area (Å²) in [4.78, 5) is 89.7. The minimum absolute atomic E-state index is 0.0373. The van der Waals surface area contributed by atoms with Gasteiger partial charge >= 0.3 is 5.97 Å². The number of rotatable bonds is 15. The molecule has 0 spiro atoms. The van der Waals surface area contributed by atoms with Gasteiger partial charge < -0.3 is 52.1 Å². The molecule has 18 nitrogen and oxygen atoms in total. The lowest BCUT2D eigenvalue weighted by atomic mass is 10.1.